The molecule has 3 aromatic rings. The lowest BCUT2D eigenvalue weighted by atomic mass is 9.77. The van der Waals surface area contributed by atoms with E-state index in [0.29, 0.717) is 16.6 Å². The highest BCUT2D eigenvalue weighted by Gasteiger charge is 2.64. The number of carbonyl (C=O) groups excluding carboxylic acids is 1. The van der Waals surface area contributed by atoms with Crippen molar-refractivity contribution in [2.24, 2.45) is 0 Å². The van der Waals surface area contributed by atoms with Crippen LogP contribution in [-0.2, 0) is 15.1 Å². The van der Waals surface area contributed by atoms with Crippen molar-refractivity contribution in [3.05, 3.63) is 52.6 Å². The number of hydrogen-bond acceptors (Lipinski definition) is 4. The number of fused-ring (bicyclic) bond motifs is 1. The molecule has 5 nitrogen and oxygen atoms in total. The summed E-state index contributed by atoms with van der Waals surface area (Å²) in [6.45, 7) is 2.52. The second-order valence-electron chi connectivity index (χ2n) is 7.99. The van der Waals surface area contributed by atoms with Crippen LogP contribution >= 0.6 is 11.6 Å². The number of aromatic nitrogens is 1. The Balaban J connectivity index is 1.93. The summed E-state index contributed by atoms with van der Waals surface area (Å²) in [6.07, 6.45) is 0. The van der Waals surface area contributed by atoms with Gasteiger partial charge < -0.3 is 14.5 Å². The van der Waals surface area contributed by atoms with Gasteiger partial charge in [-0.25, -0.2) is 22.5 Å². The number of carbonyl (C=O) groups is 1. The van der Waals surface area contributed by atoms with Crippen molar-refractivity contribution in [3.63, 3.8) is 0 Å². The minimum atomic E-state index is -3.78. The molecule has 1 unspecified atom stereocenters. The van der Waals surface area contributed by atoms with Gasteiger partial charge in [0.1, 0.15) is 34.9 Å². The second-order valence-corrected chi connectivity index (χ2v) is 8.43. The van der Waals surface area contributed by atoms with E-state index in [1.807, 2.05) is 0 Å². The van der Waals surface area contributed by atoms with Gasteiger partial charge in [-0.2, -0.15) is 0 Å². The number of nitrogens with one attached hydrogen (secondary N) is 1. The number of rotatable bonds is 2. The number of hydrogen-bond donors (Lipinski definition) is 1. The third kappa shape index (κ3) is 3.27. The van der Waals surface area contributed by atoms with Crippen LogP contribution in [0.1, 0.15) is 26.3 Å². The van der Waals surface area contributed by atoms with Gasteiger partial charge in [0.05, 0.1) is 5.56 Å². The molecule has 1 fully saturated rings. The number of amides is 1. The van der Waals surface area contributed by atoms with Crippen LogP contribution in [0.3, 0.4) is 0 Å². The highest BCUT2D eigenvalue weighted by atomic mass is 35.5. The van der Waals surface area contributed by atoms with Crippen LogP contribution in [0.5, 0.6) is 0 Å². The fourth-order valence-electron chi connectivity index (χ4n) is 3.68. The molecule has 2 heterocycles. The van der Waals surface area contributed by atoms with Gasteiger partial charge in [0.2, 0.25) is 11.8 Å². The van der Waals surface area contributed by atoms with Crippen LogP contribution in [0, 0.1) is 11.6 Å². The summed E-state index contributed by atoms with van der Waals surface area (Å²) >= 11 is 5.92. The van der Waals surface area contributed by atoms with Crippen molar-refractivity contribution in [3.8, 4) is 11.5 Å². The third-order valence-electron chi connectivity index (χ3n) is 5.51. The average Bonchev–Trinajstić information content (AvgIpc) is 3.06. The van der Waals surface area contributed by atoms with Gasteiger partial charge in [-0.15, -0.1) is 0 Å². The molecular formula is C21H17ClF4N2O3. The van der Waals surface area contributed by atoms with E-state index in [1.54, 1.807) is 0 Å². The smallest absolute Gasteiger partial charge is 0.302 e. The maximum Gasteiger partial charge on any atom is 0.302 e. The van der Waals surface area contributed by atoms with Gasteiger partial charge >= 0.3 is 5.92 Å². The highest BCUT2D eigenvalue weighted by Crippen LogP contribution is 2.49. The van der Waals surface area contributed by atoms with Crippen LogP contribution in [0.2, 0.25) is 5.02 Å². The summed E-state index contributed by atoms with van der Waals surface area (Å²) in [5.74, 6) is -7.23. The summed E-state index contributed by atoms with van der Waals surface area (Å²) in [6, 6.07) is 5.85. The molecule has 1 aromatic heterocycles. The molecule has 1 amide bonds. The molecule has 2 aromatic carbocycles. The molecule has 1 saturated heterocycles. The summed E-state index contributed by atoms with van der Waals surface area (Å²) in [5.41, 5.74) is -5.08. The maximum atomic E-state index is 15.5. The van der Waals surface area contributed by atoms with Crippen LogP contribution in [0.25, 0.3) is 22.6 Å². The van der Waals surface area contributed by atoms with Crippen molar-refractivity contribution < 1.29 is 31.5 Å². The van der Waals surface area contributed by atoms with Crippen molar-refractivity contribution >= 4 is 28.6 Å². The van der Waals surface area contributed by atoms with E-state index in [4.69, 9.17) is 20.8 Å². The lowest BCUT2D eigenvalue weighted by Crippen LogP contribution is -2.62. The summed E-state index contributed by atoms with van der Waals surface area (Å²) < 4.78 is 71.1. The van der Waals surface area contributed by atoms with E-state index in [9.17, 15) is 13.6 Å². The zero-order valence-corrected chi connectivity index (χ0v) is 17.4. The van der Waals surface area contributed by atoms with E-state index in [-0.39, 0.29) is 17.0 Å². The van der Waals surface area contributed by atoms with Gasteiger partial charge in [-0.05, 0) is 45.0 Å². The minimum absolute atomic E-state index is 0.251. The van der Waals surface area contributed by atoms with Crippen LogP contribution in [0.4, 0.5) is 17.6 Å². The first-order chi connectivity index (χ1) is 14.4. The number of ether oxygens (including phenoxy) is 1. The number of halogens is 5. The molecule has 1 atom stereocenters. The van der Waals surface area contributed by atoms with Crippen molar-refractivity contribution in [2.75, 3.05) is 6.61 Å². The van der Waals surface area contributed by atoms with Gasteiger partial charge in [0.15, 0.2) is 5.58 Å². The summed E-state index contributed by atoms with van der Waals surface area (Å²) in [7, 11) is 0. The monoisotopic (exact) mass is 456 g/mol. The molecule has 0 radical (unpaired) electrons. The van der Waals surface area contributed by atoms with Gasteiger partial charge in [-0.1, -0.05) is 11.6 Å². The van der Waals surface area contributed by atoms with Crippen LogP contribution in [0.15, 0.2) is 34.7 Å². The lowest BCUT2D eigenvalue weighted by molar-refractivity contribution is -0.216. The van der Waals surface area contributed by atoms with Crippen LogP contribution in [-0.4, -0.2) is 29.0 Å². The molecule has 0 bridgehead atoms. The summed E-state index contributed by atoms with van der Waals surface area (Å²) in [5, 5.41) is 2.51. The average molecular weight is 457 g/mol. The Morgan fingerprint density at radius 3 is 2.52 bits per heavy atom. The minimum Gasteiger partial charge on any atom is -0.436 e. The van der Waals surface area contributed by atoms with Crippen molar-refractivity contribution in [1.82, 2.24) is 10.3 Å². The Bertz CT molecular complexity index is 1210. The summed E-state index contributed by atoms with van der Waals surface area (Å²) in [4.78, 5) is 16.2. The first-order valence-electron chi connectivity index (χ1n) is 9.24. The highest BCUT2D eigenvalue weighted by molar-refractivity contribution is 6.31. The lowest BCUT2D eigenvalue weighted by Gasteiger charge is -2.43. The van der Waals surface area contributed by atoms with Crippen LogP contribution < -0.4 is 5.32 Å². The zero-order chi connectivity index (χ0) is 22.8. The predicted molar refractivity (Wildman–Crippen MR) is 105 cm³/mol. The Morgan fingerprint density at radius 2 is 1.81 bits per heavy atom. The van der Waals surface area contributed by atoms with Gasteiger partial charge in [0, 0.05) is 16.7 Å². The SMILES string of the molecule is CC1(C)OCC(=O)NC(C)(c2cc(-c3nc4cc(Cl)ccc4o3)c(F)cc2F)C1(F)F. The molecule has 1 N–H and O–H groups in total. The number of oxazole rings is 1. The van der Waals surface area contributed by atoms with Gasteiger partial charge in [-0.3, -0.25) is 4.79 Å². The normalized spacial score (nSPS) is 22.9. The Morgan fingerprint density at radius 1 is 1.10 bits per heavy atom. The molecule has 164 valence electrons. The first-order valence-corrected chi connectivity index (χ1v) is 9.62. The van der Waals surface area contributed by atoms with Crippen molar-refractivity contribution in [2.45, 2.75) is 37.8 Å². The molecule has 1 aliphatic rings. The van der Waals surface area contributed by atoms with E-state index in [2.05, 4.69) is 10.3 Å². The van der Waals surface area contributed by atoms with E-state index >= 15 is 8.78 Å². The predicted octanol–water partition coefficient (Wildman–Crippen LogP) is 5.20. The Labute approximate surface area is 179 Å². The van der Waals surface area contributed by atoms with Gasteiger partial charge in [0.25, 0.3) is 0 Å². The number of benzene rings is 2. The first kappa shape index (κ1) is 21.6. The number of alkyl halides is 2. The quantitative estimate of drug-likeness (QED) is 0.538. The fraction of sp³-hybridized carbons (Fsp3) is 0.333. The molecule has 4 rings (SSSR count). The number of nitrogens with zero attached hydrogens (tertiary/aromatic N) is 1. The topological polar surface area (TPSA) is 64.4 Å². The van der Waals surface area contributed by atoms with E-state index in [0.717, 1.165) is 26.8 Å². The molecule has 0 spiro atoms. The molecule has 10 heteroatoms. The zero-order valence-electron chi connectivity index (χ0n) is 16.7. The molecular weight excluding hydrogens is 440 g/mol. The standard InChI is InChI=1S/C21H17ClF4N2O3/c1-19(2)21(25,26)20(3,28-17(29)9-30-19)12-7-11(13(23)8-14(12)24)18-27-15-6-10(22)4-5-16(15)31-18/h4-8H,9H2,1-3H3,(H,28,29). The van der Waals surface area contributed by atoms with Crippen molar-refractivity contribution in [1.29, 1.82) is 0 Å². The maximum absolute atomic E-state index is 15.5. The fourth-order valence-corrected chi connectivity index (χ4v) is 3.85. The third-order valence-corrected chi connectivity index (χ3v) is 5.75. The largest absolute Gasteiger partial charge is 0.436 e. The molecule has 1 aliphatic heterocycles. The Kier molecular flexibility index (Phi) is 4.82. The second kappa shape index (κ2) is 6.93. The molecule has 0 aliphatic carbocycles. The van der Waals surface area contributed by atoms with E-state index in [1.165, 1.54) is 18.2 Å². The Hall–Kier alpha value is -2.65. The van der Waals surface area contributed by atoms with E-state index < -0.39 is 46.8 Å². The molecule has 31 heavy (non-hydrogen) atoms. The molecule has 0 saturated carbocycles.